The lowest BCUT2D eigenvalue weighted by Crippen LogP contribution is -2.27. The molecule has 0 atom stereocenters. The van der Waals surface area contributed by atoms with Gasteiger partial charge in [-0.25, -0.2) is 4.79 Å². The van der Waals surface area contributed by atoms with E-state index in [9.17, 15) is 4.79 Å². The van der Waals surface area contributed by atoms with Crippen LogP contribution in [0.3, 0.4) is 0 Å². The molecule has 1 heterocycles. The number of aryl methyl sites for hydroxylation is 1. The Morgan fingerprint density at radius 2 is 2.11 bits per heavy atom. The normalized spacial score (nSPS) is 11.8. The van der Waals surface area contributed by atoms with Gasteiger partial charge in [0.2, 0.25) is 0 Å². The maximum absolute atomic E-state index is 12.1. The number of carbonyl (C=O) groups excluding carboxylic acids is 1. The SMILES string of the molecule is Cc1cc2c(cnn2C(=O)OC(C)(C)C)cc1CBr. The topological polar surface area (TPSA) is 44.1 Å². The van der Waals surface area contributed by atoms with Gasteiger partial charge in [-0.3, -0.25) is 0 Å². The summed E-state index contributed by atoms with van der Waals surface area (Å²) in [4.78, 5) is 12.1. The average molecular weight is 325 g/mol. The van der Waals surface area contributed by atoms with Gasteiger partial charge < -0.3 is 4.74 Å². The number of hydrogen-bond donors (Lipinski definition) is 0. The summed E-state index contributed by atoms with van der Waals surface area (Å²) in [5, 5.41) is 5.84. The minimum atomic E-state index is -0.528. The van der Waals surface area contributed by atoms with Crippen molar-refractivity contribution in [3.05, 3.63) is 29.5 Å². The molecule has 0 spiro atoms. The predicted octanol–water partition coefficient (Wildman–Crippen LogP) is 4.02. The average Bonchev–Trinajstić information content (AvgIpc) is 2.68. The molecule has 0 aliphatic rings. The number of aromatic nitrogens is 2. The zero-order valence-electron chi connectivity index (χ0n) is 11.5. The summed E-state index contributed by atoms with van der Waals surface area (Å²) in [5.74, 6) is 0. The van der Waals surface area contributed by atoms with Crippen molar-refractivity contribution in [3.63, 3.8) is 0 Å². The summed E-state index contributed by atoms with van der Waals surface area (Å²) in [7, 11) is 0. The van der Waals surface area contributed by atoms with E-state index in [0.717, 1.165) is 21.8 Å². The van der Waals surface area contributed by atoms with E-state index in [0.29, 0.717) is 0 Å². The van der Waals surface area contributed by atoms with Crippen LogP contribution in [0.4, 0.5) is 4.79 Å². The number of alkyl halides is 1. The van der Waals surface area contributed by atoms with Crippen LogP contribution in [-0.4, -0.2) is 21.5 Å². The second-order valence-electron chi connectivity index (χ2n) is 5.51. The summed E-state index contributed by atoms with van der Waals surface area (Å²) in [6.45, 7) is 7.53. The molecule has 0 saturated carbocycles. The fourth-order valence-electron chi connectivity index (χ4n) is 1.82. The lowest BCUT2D eigenvalue weighted by molar-refractivity contribution is 0.0523. The molecule has 0 aliphatic heterocycles. The fraction of sp³-hybridized carbons (Fsp3) is 0.429. The lowest BCUT2D eigenvalue weighted by atomic mass is 10.1. The molecule has 102 valence electrons. The molecule has 0 saturated heterocycles. The first-order chi connectivity index (χ1) is 8.81. The molecule has 0 N–H and O–H groups in total. The van der Waals surface area contributed by atoms with E-state index < -0.39 is 11.7 Å². The summed E-state index contributed by atoms with van der Waals surface area (Å²) in [6, 6.07) is 4.00. The molecule has 0 radical (unpaired) electrons. The summed E-state index contributed by atoms with van der Waals surface area (Å²) < 4.78 is 6.65. The van der Waals surface area contributed by atoms with Gasteiger partial charge in [0.15, 0.2) is 0 Å². The van der Waals surface area contributed by atoms with E-state index in [-0.39, 0.29) is 0 Å². The minimum Gasteiger partial charge on any atom is -0.442 e. The molecule has 0 bridgehead atoms. The first-order valence-corrected chi connectivity index (χ1v) is 7.20. The van der Waals surface area contributed by atoms with Crippen molar-refractivity contribution in [2.45, 2.75) is 38.6 Å². The number of halogens is 1. The van der Waals surface area contributed by atoms with Gasteiger partial charge >= 0.3 is 6.09 Å². The van der Waals surface area contributed by atoms with Crippen LogP contribution >= 0.6 is 15.9 Å². The first kappa shape index (κ1) is 14.1. The molecule has 1 aromatic heterocycles. The third kappa shape index (κ3) is 2.97. The Bertz CT molecular complexity index is 626. The predicted molar refractivity (Wildman–Crippen MR) is 78.7 cm³/mol. The Labute approximate surface area is 120 Å². The first-order valence-electron chi connectivity index (χ1n) is 6.08. The molecule has 19 heavy (non-hydrogen) atoms. The van der Waals surface area contributed by atoms with Crippen LogP contribution in [0, 0.1) is 6.92 Å². The zero-order valence-corrected chi connectivity index (χ0v) is 13.1. The highest BCUT2D eigenvalue weighted by molar-refractivity contribution is 9.08. The standard InChI is InChI=1S/C14H17BrN2O2/c1-9-5-12-11(6-10(9)7-15)8-16-17(12)13(18)19-14(2,3)4/h5-6,8H,7H2,1-4H3. The molecule has 2 rings (SSSR count). The van der Waals surface area contributed by atoms with Gasteiger partial charge in [-0.2, -0.15) is 9.78 Å². The van der Waals surface area contributed by atoms with Crippen LogP contribution in [-0.2, 0) is 10.1 Å². The largest absolute Gasteiger partial charge is 0.442 e. The van der Waals surface area contributed by atoms with E-state index in [1.54, 1.807) is 6.20 Å². The zero-order chi connectivity index (χ0) is 14.2. The van der Waals surface area contributed by atoms with Gasteiger partial charge in [0.05, 0.1) is 11.7 Å². The quantitative estimate of drug-likeness (QED) is 0.744. The maximum Gasteiger partial charge on any atom is 0.435 e. The summed E-state index contributed by atoms with van der Waals surface area (Å²) >= 11 is 3.45. The Morgan fingerprint density at radius 1 is 1.42 bits per heavy atom. The minimum absolute atomic E-state index is 0.450. The van der Waals surface area contributed by atoms with Gasteiger partial charge in [0.25, 0.3) is 0 Å². The van der Waals surface area contributed by atoms with Crippen molar-refractivity contribution in [3.8, 4) is 0 Å². The Morgan fingerprint density at radius 3 is 2.68 bits per heavy atom. The fourth-order valence-corrected chi connectivity index (χ4v) is 2.42. The second kappa shape index (κ2) is 4.96. The number of carbonyl (C=O) groups is 1. The Balaban J connectivity index is 2.46. The molecule has 0 fully saturated rings. The van der Waals surface area contributed by atoms with E-state index in [1.165, 1.54) is 10.2 Å². The lowest BCUT2D eigenvalue weighted by Gasteiger charge is -2.19. The highest BCUT2D eigenvalue weighted by Crippen LogP contribution is 2.22. The molecular weight excluding hydrogens is 308 g/mol. The van der Waals surface area contributed by atoms with Crippen LogP contribution in [0.5, 0.6) is 0 Å². The van der Waals surface area contributed by atoms with Gasteiger partial charge in [-0.15, -0.1) is 0 Å². The number of ether oxygens (including phenoxy) is 1. The van der Waals surface area contributed by atoms with Gasteiger partial charge in [0.1, 0.15) is 5.60 Å². The van der Waals surface area contributed by atoms with Crippen molar-refractivity contribution in [1.82, 2.24) is 9.78 Å². The van der Waals surface area contributed by atoms with Crippen LogP contribution in [0.2, 0.25) is 0 Å². The second-order valence-corrected chi connectivity index (χ2v) is 6.07. The number of nitrogens with zero attached hydrogens (tertiary/aromatic N) is 2. The molecule has 4 nitrogen and oxygen atoms in total. The molecule has 1 aromatic carbocycles. The number of hydrogen-bond acceptors (Lipinski definition) is 3. The molecule has 5 heteroatoms. The monoisotopic (exact) mass is 324 g/mol. The Hall–Kier alpha value is -1.36. The van der Waals surface area contributed by atoms with Gasteiger partial charge in [-0.05, 0) is 51.0 Å². The van der Waals surface area contributed by atoms with Crippen LogP contribution < -0.4 is 0 Å². The van der Waals surface area contributed by atoms with Crippen molar-refractivity contribution in [2.24, 2.45) is 0 Å². The highest BCUT2D eigenvalue weighted by Gasteiger charge is 2.20. The van der Waals surface area contributed by atoms with Gasteiger partial charge in [0, 0.05) is 10.7 Å². The van der Waals surface area contributed by atoms with Crippen molar-refractivity contribution < 1.29 is 9.53 Å². The van der Waals surface area contributed by atoms with Gasteiger partial charge in [-0.1, -0.05) is 15.9 Å². The van der Waals surface area contributed by atoms with E-state index in [4.69, 9.17) is 4.74 Å². The Kier molecular flexibility index (Phi) is 3.67. The summed E-state index contributed by atoms with van der Waals surface area (Å²) in [5.41, 5.74) is 2.56. The highest BCUT2D eigenvalue weighted by atomic mass is 79.9. The number of fused-ring (bicyclic) bond motifs is 1. The molecule has 0 amide bonds. The number of rotatable bonds is 1. The van der Waals surface area contributed by atoms with E-state index in [2.05, 4.69) is 21.0 Å². The maximum atomic E-state index is 12.1. The smallest absolute Gasteiger partial charge is 0.435 e. The van der Waals surface area contributed by atoms with Crippen molar-refractivity contribution >= 4 is 32.9 Å². The molecule has 0 aliphatic carbocycles. The van der Waals surface area contributed by atoms with Crippen LogP contribution in [0.1, 0.15) is 31.9 Å². The third-order valence-electron chi connectivity index (χ3n) is 2.74. The summed E-state index contributed by atoms with van der Waals surface area (Å²) in [6.07, 6.45) is 1.23. The van der Waals surface area contributed by atoms with Crippen LogP contribution in [0.15, 0.2) is 18.3 Å². The van der Waals surface area contributed by atoms with E-state index in [1.807, 2.05) is 39.8 Å². The third-order valence-corrected chi connectivity index (χ3v) is 3.34. The van der Waals surface area contributed by atoms with Crippen LogP contribution in [0.25, 0.3) is 10.9 Å². The molecular formula is C14H17BrN2O2. The van der Waals surface area contributed by atoms with Crippen molar-refractivity contribution in [2.75, 3.05) is 0 Å². The molecule has 2 aromatic rings. The van der Waals surface area contributed by atoms with E-state index >= 15 is 0 Å². The van der Waals surface area contributed by atoms with Crippen molar-refractivity contribution in [1.29, 1.82) is 0 Å². The molecule has 0 unspecified atom stereocenters. The number of benzene rings is 1.